The van der Waals surface area contributed by atoms with E-state index in [4.69, 9.17) is 9.84 Å². The van der Waals surface area contributed by atoms with Gasteiger partial charge in [0, 0.05) is 5.56 Å². The topological polar surface area (TPSA) is 71.5 Å². The fraction of sp³-hybridized carbons (Fsp3) is 0.333. The molecule has 1 heterocycles. The molecule has 21 heavy (non-hydrogen) atoms. The van der Waals surface area contributed by atoms with Crippen molar-refractivity contribution >= 4 is 17.2 Å². The Kier molecular flexibility index (Phi) is 5.30. The Hall–Kier alpha value is -1.92. The molecule has 1 amide bonds. The van der Waals surface area contributed by atoms with E-state index in [1.54, 1.807) is 13.3 Å². The third kappa shape index (κ3) is 3.80. The summed E-state index contributed by atoms with van der Waals surface area (Å²) in [4.78, 5) is 16.9. The number of amides is 1. The van der Waals surface area contributed by atoms with E-state index in [1.807, 2.05) is 31.2 Å². The van der Waals surface area contributed by atoms with Gasteiger partial charge in [0.15, 0.2) is 0 Å². The first-order valence-electron chi connectivity index (χ1n) is 6.70. The van der Waals surface area contributed by atoms with Gasteiger partial charge in [-0.2, -0.15) is 0 Å². The van der Waals surface area contributed by atoms with Gasteiger partial charge in [-0.1, -0.05) is 6.92 Å². The fourth-order valence-corrected chi connectivity index (χ4v) is 2.60. The molecule has 0 radical (unpaired) electrons. The summed E-state index contributed by atoms with van der Waals surface area (Å²) in [7, 11) is 1.62. The number of aromatic nitrogens is 1. The molecule has 5 nitrogen and oxygen atoms in total. The lowest BCUT2D eigenvalue weighted by molar-refractivity contribution is 0.0919. The average molecular weight is 306 g/mol. The molecule has 112 valence electrons. The lowest BCUT2D eigenvalue weighted by Gasteiger charge is -2.12. The van der Waals surface area contributed by atoms with Crippen LogP contribution in [0.2, 0.25) is 0 Å². The summed E-state index contributed by atoms with van der Waals surface area (Å²) in [5.74, 6) is 0.579. The number of hydrogen-bond acceptors (Lipinski definition) is 5. The minimum atomic E-state index is -0.218. The van der Waals surface area contributed by atoms with E-state index in [9.17, 15) is 4.79 Å². The van der Waals surface area contributed by atoms with Crippen LogP contribution in [0.15, 0.2) is 30.5 Å². The maximum absolute atomic E-state index is 12.0. The number of methoxy groups -OCH3 is 1. The van der Waals surface area contributed by atoms with Crippen molar-refractivity contribution in [3.63, 3.8) is 0 Å². The van der Waals surface area contributed by atoms with Crippen LogP contribution in [0.25, 0.3) is 10.6 Å². The summed E-state index contributed by atoms with van der Waals surface area (Å²) in [6.07, 6.45) is 2.25. The molecule has 0 aliphatic carbocycles. The van der Waals surface area contributed by atoms with Crippen molar-refractivity contribution in [3.05, 3.63) is 35.3 Å². The van der Waals surface area contributed by atoms with E-state index in [0.717, 1.165) is 16.3 Å². The summed E-state index contributed by atoms with van der Waals surface area (Å²) in [5.41, 5.74) is 0.939. The van der Waals surface area contributed by atoms with Gasteiger partial charge in [0.05, 0.1) is 26.0 Å². The Morgan fingerprint density at radius 2 is 2.14 bits per heavy atom. The van der Waals surface area contributed by atoms with Gasteiger partial charge in [0.25, 0.3) is 5.91 Å². The second-order valence-corrected chi connectivity index (χ2v) is 5.55. The lowest BCUT2D eigenvalue weighted by atomic mass is 10.2. The second-order valence-electron chi connectivity index (χ2n) is 4.52. The van der Waals surface area contributed by atoms with E-state index in [0.29, 0.717) is 11.3 Å². The molecule has 0 aliphatic heterocycles. The van der Waals surface area contributed by atoms with Crippen LogP contribution in [0, 0.1) is 0 Å². The van der Waals surface area contributed by atoms with Crippen molar-refractivity contribution in [3.8, 4) is 16.3 Å². The predicted molar refractivity (Wildman–Crippen MR) is 82.7 cm³/mol. The normalized spacial score (nSPS) is 12.0. The summed E-state index contributed by atoms with van der Waals surface area (Å²) in [6, 6.07) is 7.30. The highest BCUT2D eigenvalue weighted by Crippen LogP contribution is 2.26. The smallest absolute Gasteiger partial charge is 0.263 e. The van der Waals surface area contributed by atoms with Gasteiger partial charge < -0.3 is 15.2 Å². The van der Waals surface area contributed by atoms with E-state index in [2.05, 4.69) is 10.3 Å². The van der Waals surface area contributed by atoms with Gasteiger partial charge in [-0.25, -0.2) is 4.98 Å². The van der Waals surface area contributed by atoms with Gasteiger partial charge in [0.1, 0.15) is 15.6 Å². The maximum atomic E-state index is 12.0. The Balaban J connectivity index is 2.11. The number of rotatable bonds is 6. The van der Waals surface area contributed by atoms with Crippen molar-refractivity contribution in [2.24, 2.45) is 0 Å². The number of nitrogens with zero attached hydrogens (tertiary/aromatic N) is 1. The first-order chi connectivity index (χ1) is 10.2. The quantitative estimate of drug-likeness (QED) is 0.859. The minimum Gasteiger partial charge on any atom is -0.497 e. The fourth-order valence-electron chi connectivity index (χ4n) is 1.78. The third-order valence-electron chi connectivity index (χ3n) is 3.11. The predicted octanol–water partition coefficient (Wildman–Crippen LogP) is 2.32. The van der Waals surface area contributed by atoms with Crippen molar-refractivity contribution in [1.82, 2.24) is 10.3 Å². The molecule has 2 aromatic rings. The van der Waals surface area contributed by atoms with Gasteiger partial charge in [-0.15, -0.1) is 11.3 Å². The van der Waals surface area contributed by atoms with E-state index in [1.165, 1.54) is 11.3 Å². The van der Waals surface area contributed by atoms with Gasteiger partial charge in [-0.05, 0) is 30.7 Å². The SMILES string of the molecule is CCC(CO)NC(=O)c1cnc(-c2ccc(OC)cc2)s1. The van der Waals surface area contributed by atoms with Crippen LogP contribution in [0.3, 0.4) is 0 Å². The Morgan fingerprint density at radius 1 is 1.43 bits per heavy atom. The molecular formula is C15H18N2O3S. The van der Waals surface area contributed by atoms with Crippen molar-refractivity contribution in [2.45, 2.75) is 19.4 Å². The average Bonchev–Trinajstić information content (AvgIpc) is 3.02. The van der Waals surface area contributed by atoms with Crippen LogP contribution in [0.5, 0.6) is 5.75 Å². The first-order valence-corrected chi connectivity index (χ1v) is 7.51. The molecule has 0 fully saturated rings. The highest BCUT2D eigenvalue weighted by molar-refractivity contribution is 7.16. The Morgan fingerprint density at radius 3 is 2.71 bits per heavy atom. The lowest BCUT2D eigenvalue weighted by Crippen LogP contribution is -2.36. The van der Waals surface area contributed by atoms with Crippen LogP contribution in [-0.2, 0) is 0 Å². The number of carbonyl (C=O) groups is 1. The number of thiazole rings is 1. The van der Waals surface area contributed by atoms with Crippen molar-refractivity contribution in [2.75, 3.05) is 13.7 Å². The highest BCUT2D eigenvalue weighted by Gasteiger charge is 2.15. The molecule has 1 aromatic carbocycles. The second kappa shape index (κ2) is 7.19. The van der Waals surface area contributed by atoms with Crippen molar-refractivity contribution < 1.29 is 14.6 Å². The molecule has 1 aromatic heterocycles. The van der Waals surface area contributed by atoms with Crippen LogP contribution in [0.4, 0.5) is 0 Å². The van der Waals surface area contributed by atoms with Crippen LogP contribution in [-0.4, -0.2) is 35.8 Å². The van der Waals surface area contributed by atoms with Crippen molar-refractivity contribution in [1.29, 1.82) is 0 Å². The summed E-state index contributed by atoms with van der Waals surface area (Å²) in [6.45, 7) is 1.85. The van der Waals surface area contributed by atoms with Crippen LogP contribution >= 0.6 is 11.3 Å². The number of aliphatic hydroxyl groups is 1. The zero-order valence-electron chi connectivity index (χ0n) is 12.0. The molecule has 2 rings (SSSR count). The van der Waals surface area contributed by atoms with Crippen LogP contribution < -0.4 is 10.1 Å². The van der Waals surface area contributed by atoms with Gasteiger partial charge in [0.2, 0.25) is 0 Å². The van der Waals surface area contributed by atoms with E-state index >= 15 is 0 Å². The summed E-state index contributed by atoms with van der Waals surface area (Å²) < 4.78 is 5.11. The number of aliphatic hydroxyl groups excluding tert-OH is 1. The monoisotopic (exact) mass is 306 g/mol. The minimum absolute atomic E-state index is 0.0631. The molecule has 6 heteroatoms. The molecule has 0 saturated heterocycles. The molecule has 0 saturated carbocycles. The molecule has 0 spiro atoms. The Labute approximate surface area is 127 Å². The maximum Gasteiger partial charge on any atom is 0.263 e. The molecule has 0 aliphatic rings. The zero-order chi connectivity index (χ0) is 15.2. The van der Waals surface area contributed by atoms with Gasteiger partial charge >= 0.3 is 0 Å². The number of nitrogens with one attached hydrogen (secondary N) is 1. The standard InChI is InChI=1S/C15H18N2O3S/c1-3-11(9-18)17-14(19)13-8-16-15(21-13)10-4-6-12(20-2)7-5-10/h4-8,11,18H,3,9H2,1-2H3,(H,17,19). The number of ether oxygens (including phenoxy) is 1. The largest absolute Gasteiger partial charge is 0.497 e. The third-order valence-corrected chi connectivity index (χ3v) is 4.16. The first kappa shape index (κ1) is 15.5. The molecule has 1 atom stereocenters. The molecule has 1 unspecified atom stereocenters. The van der Waals surface area contributed by atoms with E-state index < -0.39 is 0 Å². The molecule has 0 bridgehead atoms. The molecule has 2 N–H and O–H groups in total. The Bertz CT molecular complexity index is 591. The number of benzene rings is 1. The number of hydrogen-bond donors (Lipinski definition) is 2. The zero-order valence-corrected chi connectivity index (χ0v) is 12.8. The summed E-state index contributed by atoms with van der Waals surface area (Å²) in [5, 5.41) is 12.7. The summed E-state index contributed by atoms with van der Waals surface area (Å²) >= 11 is 1.32. The molecular weight excluding hydrogens is 288 g/mol. The number of carbonyl (C=O) groups excluding carboxylic acids is 1. The van der Waals surface area contributed by atoms with E-state index in [-0.39, 0.29) is 18.6 Å². The highest BCUT2D eigenvalue weighted by atomic mass is 32.1. The van der Waals surface area contributed by atoms with Crippen LogP contribution in [0.1, 0.15) is 23.0 Å². The van der Waals surface area contributed by atoms with Gasteiger partial charge in [-0.3, -0.25) is 4.79 Å².